The fourth-order valence-corrected chi connectivity index (χ4v) is 1.72. The molecular weight excluding hydrogens is 220 g/mol. The molecule has 15 heavy (non-hydrogen) atoms. The number of carbonyl (C=O) groups is 2. The van der Waals surface area contributed by atoms with Crippen LogP contribution in [0.1, 0.15) is 15.4 Å². The zero-order valence-electron chi connectivity index (χ0n) is 7.83. The number of hydrogen-bond acceptors (Lipinski definition) is 6. The van der Waals surface area contributed by atoms with Crippen molar-refractivity contribution in [2.75, 3.05) is 5.32 Å². The third-order valence-electron chi connectivity index (χ3n) is 1.49. The molecule has 1 heterocycles. The standard InChI is InChI=1S/C6H10N6O2S/c1-2-3(4(13)11-7)15-6(9-2)10-5(14)12-8/h7-8H2,1H3,(H,11,13)(H2,9,10,12,14). The number of aryl methyl sites for hydroxylation is 1. The monoisotopic (exact) mass is 230 g/mol. The lowest BCUT2D eigenvalue weighted by atomic mass is 10.4. The van der Waals surface area contributed by atoms with Gasteiger partial charge < -0.3 is 0 Å². The summed E-state index contributed by atoms with van der Waals surface area (Å²) in [4.78, 5) is 26.3. The third-order valence-corrected chi connectivity index (χ3v) is 2.56. The van der Waals surface area contributed by atoms with Gasteiger partial charge in [0.25, 0.3) is 5.91 Å². The van der Waals surface area contributed by atoms with Crippen molar-refractivity contribution >= 4 is 28.4 Å². The second-order valence-corrected chi connectivity index (χ2v) is 3.50. The molecule has 3 amide bonds. The molecule has 0 aliphatic heterocycles. The Bertz CT molecular complexity index is 389. The number of hydrazine groups is 2. The fourth-order valence-electron chi connectivity index (χ4n) is 0.859. The summed E-state index contributed by atoms with van der Waals surface area (Å²) in [7, 11) is 0. The summed E-state index contributed by atoms with van der Waals surface area (Å²) in [6.45, 7) is 1.63. The predicted molar refractivity (Wildman–Crippen MR) is 54.8 cm³/mol. The molecule has 0 unspecified atom stereocenters. The Hall–Kier alpha value is -1.71. The first-order valence-electron chi connectivity index (χ1n) is 3.84. The van der Waals surface area contributed by atoms with Gasteiger partial charge in [0.1, 0.15) is 4.88 Å². The minimum Gasteiger partial charge on any atom is -0.289 e. The summed E-state index contributed by atoms with van der Waals surface area (Å²) in [5, 5.41) is 2.62. The highest BCUT2D eigenvalue weighted by Gasteiger charge is 2.14. The number of amides is 3. The SMILES string of the molecule is Cc1nc(NC(=O)NN)sc1C(=O)NN. The molecule has 0 saturated carbocycles. The number of nitrogens with two attached hydrogens (primary N) is 2. The van der Waals surface area contributed by atoms with Crippen LogP contribution in [0.15, 0.2) is 0 Å². The number of urea groups is 1. The third kappa shape index (κ3) is 2.62. The van der Waals surface area contributed by atoms with Crippen molar-refractivity contribution in [1.82, 2.24) is 15.8 Å². The summed E-state index contributed by atoms with van der Waals surface area (Å²) in [6.07, 6.45) is 0. The predicted octanol–water partition coefficient (Wildman–Crippen LogP) is -0.950. The average Bonchev–Trinajstić information content (AvgIpc) is 2.58. The maximum Gasteiger partial charge on any atom is 0.335 e. The molecule has 0 aliphatic carbocycles. The first-order chi connectivity index (χ1) is 7.08. The smallest absolute Gasteiger partial charge is 0.289 e. The number of aromatic nitrogens is 1. The van der Waals surface area contributed by atoms with Crippen LogP contribution in [0.3, 0.4) is 0 Å². The van der Waals surface area contributed by atoms with Crippen molar-refractivity contribution in [3.63, 3.8) is 0 Å². The van der Waals surface area contributed by atoms with Gasteiger partial charge in [0.05, 0.1) is 5.69 Å². The number of thiazole rings is 1. The van der Waals surface area contributed by atoms with E-state index in [0.717, 1.165) is 11.3 Å². The average molecular weight is 230 g/mol. The van der Waals surface area contributed by atoms with E-state index in [2.05, 4.69) is 10.3 Å². The Kier molecular flexibility index (Phi) is 3.55. The normalized spacial score (nSPS) is 9.53. The summed E-state index contributed by atoms with van der Waals surface area (Å²) < 4.78 is 0. The Balaban J connectivity index is 2.86. The minimum atomic E-state index is -0.608. The molecule has 0 saturated heterocycles. The molecule has 8 nitrogen and oxygen atoms in total. The highest BCUT2D eigenvalue weighted by molar-refractivity contribution is 7.17. The number of rotatable bonds is 2. The van der Waals surface area contributed by atoms with Crippen LogP contribution in [0.4, 0.5) is 9.93 Å². The van der Waals surface area contributed by atoms with Gasteiger partial charge in [-0.25, -0.2) is 21.5 Å². The van der Waals surface area contributed by atoms with Gasteiger partial charge >= 0.3 is 6.03 Å². The number of nitrogens with one attached hydrogen (secondary N) is 3. The fraction of sp³-hybridized carbons (Fsp3) is 0.167. The minimum absolute atomic E-state index is 0.272. The highest BCUT2D eigenvalue weighted by Crippen LogP contribution is 2.21. The molecule has 1 rings (SSSR count). The van der Waals surface area contributed by atoms with Crippen LogP contribution in [-0.2, 0) is 0 Å². The van der Waals surface area contributed by atoms with Crippen LogP contribution in [0.5, 0.6) is 0 Å². The van der Waals surface area contributed by atoms with Crippen molar-refractivity contribution < 1.29 is 9.59 Å². The molecule has 1 aromatic rings. The lowest BCUT2D eigenvalue weighted by molar-refractivity contribution is 0.0957. The van der Waals surface area contributed by atoms with Gasteiger partial charge in [-0.05, 0) is 6.92 Å². The molecule has 0 bridgehead atoms. The molecule has 0 fully saturated rings. The van der Waals surface area contributed by atoms with Gasteiger partial charge in [0, 0.05) is 0 Å². The molecule has 7 N–H and O–H groups in total. The van der Waals surface area contributed by atoms with E-state index in [1.165, 1.54) is 0 Å². The summed E-state index contributed by atoms with van der Waals surface area (Å²) >= 11 is 1.01. The van der Waals surface area contributed by atoms with Gasteiger partial charge in [0.15, 0.2) is 5.13 Å². The zero-order valence-corrected chi connectivity index (χ0v) is 8.64. The summed E-state index contributed by atoms with van der Waals surface area (Å²) in [6, 6.07) is -0.608. The van der Waals surface area contributed by atoms with Crippen LogP contribution < -0.4 is 27.9 Å². The largest absolute Gasteiger partial charge is 0.335 e. The number of carbonyl (C=O) groups excluding carboxylic acids is 2. The number of hydrogen-bond donors (Lipinski definition) is 5. The van der Waals surface area contributed by atoms with Crippen molar-refractivity contribution in [3.05, 3.63) is 10.6 Å². The topological polar surface area (TPSA) is 135 Å². The van der Waals surface area contributed by atoms with E-state index >= 15 is 0 Å². The van der Waals surface area contributed by atoms with Crippen molar-refractivity contribution in [2.24, 2.45) is 11.7 Å². The summed E-state index contributed by atoms with van der Waals surface area (Å²) in [5.74, 6) is 9.38. The van der Waals surface area contributed by atoms with E-state index in [1.54, 1.807) is 6.92 Å². The molecule has 0 aliphatic rings. The van der Waals surface area contributed by atoms with Gasteiger partial charge in [-0.15, -0.1) is 0 Å². The first-order valence-corrected chi connectivity index (χ1v) is 4.66. The van der Waals surface area contributed by atoms with Crippen LogP contribution in [0.25, 0.3) is 0 Å². The van der Waals surface area contributed by atoms with E-state index in [-0.39, 0.29) is 5.13 Å². The van der Waals surface area contributed by atoms with E-state index in [1.807, 2.05) is 10.9 Å². The molecule has 82 valence electrons. The highest BCUT2D eigenvalue weighted by atomic mass is 32.1. The van der Waals surface area contributed by atoms with E-state index < -0.39 is 11.9 Å². The molecule has 0 spiro atoms. The van der Waals surface area contributed by atoms with Crippen molar-refractivity contribution in [2.45, 2.75) is 6.92 Å². The van der Waals surface area contributed by atoms with E-state index in [0.29, 0.717) is 10.6 Å². The van der Waals surface area contributed by atoms with Gasteiger partial charge in [-0.2, -0.15) is 0 Å². The molecule has 0 atom stereocenters. The molecular formula is C6H10N6O2S. The Morgan fingerprint density at radius 3 is 2.53 bits per heavy atom. The van der Waals surface area contributed by atoms with Crippen molar-refractivity contribution in [1.29, 1.82) is 0 Å². The Morgan fingerprint density at radius 2 is 2.00 bits per heavy atom. The maximum atomic E-state index is 11.2. The van der Waals surface area contributed by atoms with Crippen LogP contribution >= 0.6 is 11.3 Å². The van der Waals surface area contributed by atoms with Crippen LogP contribution in [0.2, 0.25) is 0 Å². The Morgan fingerprint density at radius 1 is 1.33 bits per heavy atom. The molecule has 9 heteroatoms. The molecule has 0 aromatic carbocycles. The van der Waals surface area contributed by atoms with Gasteiger partial charge in [-0.3, -0.25) is 21.0 Å². The van der Waals surface area contributed by atoms with Crippen LogP contribution in [0, 0.1) is 6.92 Å². The van der Waals surface area contributed by atoms with Gasteiger partial charge in [-0.1, -0.05) is 11.3 Å². The van der Waals surface area contributed by atoms with E-state index in [9.17, 15) is 9.59 Å². The quantitative estimate of drug-likeness (QED) is 0.253. The van der Waals surface area contributed by atoms with E-state index in [4.69, 9.17) is 11.7 Å². The van der Waals surface area contributed by atoms with Gasteiger partial charge in [0.2, 0.25) is 0 Å². The second kappa shape index (κ2) is 4.68. The number of nitrogen functional groups attached to an aromatic ring is 1. The lowest BCUT2D eigenvalue weighted by Crippen LogP contribution is -2.34. The number of anilines is 1. The van der Waals surface area contributed by atoms with Crippen molar-refractivity contribution in [3.8, 4) is 0 Å². The van der Waals surface area contributed by atoms with Crippen LogP contribution in [-0.4, -0.2) is 16.9 Å². The molecule has 0 radical (unpaired) electrons. The maximum absolute atomic E-state index is 11.2. The lowest BCUT2D eigenvalue weighted by Gasteiger charge is -1.97. The zero-order chi connectivity index (χ0) is 11.4. The second-order valence-electron chi connectivity index (χ2n) is 2.51. The number of nitrogens with zero attached hydrogens (tertiary/aromatic N) is 1. The molecule has 1 aromatic heterocycles. The first kappa shape index (κ1) is 11.4. The Labute approximate surface area is 89.0 Å². The summed E-state index contributed by atoms with van der Waals surface area (Å²) in [5.41, 5.74) is 4.34.